The largest absolute Gasteiger partial charge is 0.341 e. The van der Waals surface area contributed by atoms with Gasteiger partial charge in [0.05, 0.1) is 6.54 Å². The fourth-order valence-electron chi connectivity index (χ4n) is 2.71. The number of urea groups is 1. The molecule has 2 rings (SSSR count). The van der Waals surface area contributed by atoms with Crippen LogP contribution in [0.5, 0.6) is 0 Å². The molecule has 0 aromatic heterocycles. The van der Waals surface area contributed by atoms with Crippen LogP contribution in [0.3, 0.4) is 0 Å². The molecule has 7 nitrogen and oxygen atoms in total. The quantitative estimate of drug-likeness (QED) is 0.854. The minimum Gasteiger partial charge on any atom is -0.341 e. The summed E-state index contributed by atoms with van der Waals surface area (Å²) in [6.45, 7) is 6.14. The Bertz CT molecular complexity index is 620. The van der Waals surface area contributed by atoms with E-state index in [-0.39, 0.29) is 24.4 Å². The molecule has 0 bridgehead atoms. The molecule has 2 N–H and O–H groups in total. The van der Waals surface area contributed by atoms with Crippen molar-refractivity contribution in [2.75, 3.05) is 39.8 Å². The highest BCUT2D eigenvalue weighted by molar-refractivity contribution is 5.94. The molecule has 25 heavy (non-hydrogen) atoms. The molecule has 0 radical (unpaired) electrons. The fraction of sp³-hybridized carbons (Fsp3) is 0.500. The summed E-state index contributed by atoms with van der Waals surface area (Å²) in [4.78, 5) is 39.2. The van der Waals surface area contributed by atoms with Gasteiger partial charge in [0.1, 0.15) is 0 Å². The van der Waals surface area contributed by atoms with Crippen LogP contribution < -0.4 is 10.6 Å². The average molecular weight is 346 g/mol. The maximum absolute atomic E-state index is 12.6. The van der Waals surface area contributed by atoms with Crippen molar-refractivity contribution in [3.63, 3.8) is 0 Å². The first-order chi connectivity index (χ1) is 11.9. The van der Waals surface area contributed by atoms with Gasteiger partial charge in [-0.15, -0.1) is 0 Å². The predicted octanol–water partition coefficient (Wildman–Crippen LogP) is 1.02. The molecule has 0 spiro atoms. The molecule has 0 saturated carbocycles. The third-order valence-corrected chi connectivity index (χ3v) is 4.37. The number of carbonyl (C=O) groups excluding carboxylic acids is 3. The van der Waals surface area contributed by atoms with Crippen molar-refractivity contribution in [2.45, 2.75) is 19.8 Å². The number of hydrogen-bond acceptors (Lipinski definition) is 3. The van der Waals surface area contributed by atoms with Gasteiger partial charge < -0.3 is 20.4 Å². The number of hydrogen-bond donors (Lipinski definition) is 2. The van der Waals surface area contributed by atoms with E-state index in [1.807, 2.05) is 24.3 Å². The highest BCUT2D eigenvalue weighted by atomic mass is 16.2. The summed E-state index contributed by atoms with van der Waals surface area (Å²) in [5.41, 5.74) is 1.88. The molecule has 1 heterocycles. The van der Waals surface area contributed by atoms with Crippen molar-refractivity contribution in [3.05, 3.63) is 35.4 Å². The highest BCUT2D eigenvalue weighted by Crippen LogP contribution is 2.16. The first kappa shape index (κ1) is 18.8. The van der Waals surface area contributed by atoms with E-state index >= 15 is 0 Å². The van der Waals surface area contributed by atoms with E-state index in [9.17, 15) is 14.4 Å². The molecule has 136 valence electrons. The summed E-state index contributed by atoms with van der Waals surface area (Å²) in [5.74, 6) is 0.282. The Balaban J connectivity index is 1.85. The van der Waals surface area contributed by atoms with Gasteiger partial charge in [0.2, 0.25) is 5.91 Å². The lowest BCUT2D eigenvalue weighted by Gasteiger charge is -2.35. The lowest BCUT2D eigenvalue weighted by atomic mass is 10.0. The average Bonchev–Trinajstić information content (AvgIpc) is 2.65. The number of carbonyl (C=O) groups is 3. The summed E-state index contributed by atoms with van der Waals surface area (Å²) >= 11 is 0. The molecular weight excluding hydrogens is 320 g/mol. The van der Waals surface area contributed by atoms with Gasteiger partial charge in [0.15, 0.2) is 0 Å². The second-order valence-corrected chi connectivity index (χ2v) is 6.38. The van der Waals surface area contributed by atoms with Gasteiger partial charge in [-0.25, -0.2) is 4.79 Å². The van der Waals surface area contributed by atoms with Crippen LogP contribution >= 0.6 is 0 Å². The van der Waals surface area contributed by atoms with Crippen LogP contribution in [0.2, 0.25) is 0 Å². The molecule has 1 saturated heterocycles. The van der Waals surface area contributed by atoms with Gasteiger partial charge in [0.25, 0.3) is 5.91 Å². The first-order valence-electron chi connectivity index (χ1n) is 8.55. The van der Waals surface area contributed by atoms with Crippen molar-refractivity contribution < 1.29 is 14.4 Å². The predicted molar refractivity (Wildman–Crippen MR) is 95.5 cm³/mol. The Labute approximate surface area is 148 Å². The second kappa shape index (κ2) is 8.50. The molecule has 1 fully saturated rings. The van der Waals surface area contributed by atoms with Crippen LogP contribution in [0.15, 0.2) is 24.3 Å². The Morgan fingerprint density at radius 3 is 2.08 bits per heavy atom. The van der Waals surface area contributed by atoms with E-state index < -0.39 is 0 Å². The molecule has 4 amide bonds. The highest BCUT2D eigenvalue weighted by Gasteiger charge is 2.24. The number of nitrogens with one attached hydrogen (secondary N) is 2. The first-order valence-corrected chi connectivity index (χ1v) is 8.55. The van der Waals surface area contributed by atoms with Crippen molar-refractivity contribution in [1.82, 2.24) is 20.4 Å². The number of benzene rings is 1. The van der Waals surface area contributed by atoms with E-state index in [0.717, 1.165) is 0 Å². The third-order valence-electron chi connectivity index (χ3n) is 4.37. The van der Waals surface area contributed by atoms with Gasteiger partial charge in [-0.1, -0.05) is 26.0 Å². The number of nitrogens with zero attached hydrogens (tertiary/aromatic N) is 2. The summed E-state index contributed by atoms with van der Waals surface area (Å²) in [5, 5.41) is 4.88. The summed E-state index contributed by atoms with van der Waals surface area (Å²) in [7, 11) is 1.50. The van der Waals surface area contributed by atoms with Crippen LogP contribution in [0, 0.1) is 0 Å². The smallest absolute Gasteiger partial charge is 0.314 e. The lowest BCUT2D eigenvalue weighted by Crippen LogP contribution is -2.53. The molecule has 0 atom stereocenters. The van der Waals surface area contributed by atoms with E-state index in [1.54, 1.807) is 9.80 Å². The number of amides is 4. The van der Waals surface area contributed by atoms with E-state index in [1.165, 1.54) is 12.6 Å². The van der Waals surface area contributed by atoms with Crippen LogP contribution in [0.4, 0.5) is 4.79 Å². The Morgan fingerprint density at radius 1 is 1.00 bits per heavy atom. The van der Waals surface area contributed by atoms with Gasteiger partial charge in [-0.05, 0) is 23.6 Å². The standard InChI is InChI=1S/C18H26N4O3/c1-13(2)14-4-6-15(7-5-14)17(24)22-10-8-21(9-11-22)16(23)12-20-18(25)19-3/h4-7,13H,8-12H2,1-3H3,(H2,19,20,25). The minimum atomic E-state index is -0.382. The monoisotopic (exact) mass is 346 g/mol. The molecule has 1 aromatic carbocycles. The van der Waals surface area contributed by atoms with Crippen LogP contribution in [-0.2, 0) is 4.79 Å². The van der Waals surface area contributed by atoms with Gasteiger partial charge in [0, 0.05) is 38.8 Å². The van der Waals surface area contributed by atoms with E-state index in [0.29, 0.717) is 37.7 Å². The maximum Gasteiger partial charge on any atom is 0.314 e. The molecule has 1 aliphatic heterocycles. The molecule has 1 aromatic rings. The van der Waals surface area contributed by atoms with Crippen molar-refractivity contribution in [3.8, 4) is 0 Å². The second-order valence-electron chi connectivity index (χ2n) is 6.38. The van der Waals surface area contributed by atoms with Crippen molar-refractivity contribution in [2.24, 2.45) is 0 Å². The van der Waals surface area contributed by atoms with E-state index in [4.69, 9.17) is 0 Å². The van der Waals surface area contributed by atoms with Gasteiger partial charge >= 0.3 is 6.03 Å². The summed E-state index contributed by atoms with van der Waals surface area (Å²) in [6, 6.07) is 7.32. The molecule has 1 aliphatic rings. The van der Waals surface area contributed by atoms with Gasteiger partial charge in [-0.3, -0.25) is 9.59 Å². The van der Waals surface area contributed by atoms with Crippen molar-refractivity contribution in [1.29, 1.82) is 0 Å². The molecule has 0 unspecified atom stereocenters. The Hall–Kier alpha value is -2.57. The Morgan fingerprint density at radius 2 is 1.56 bits per heavy atom. The van der Waals surface area contributed by atoms with Crippen LogP contribution in [0.1, 0.15) is 35.7 Å². The summed E-state index contributed by atoms with van der Waals surface area (Å²) < 4.78 is 0. The maximum atomic E-state index is 12.6. The molecular formula is C18H26N4O3. The summed E-state index contributed by atoms with van der Waals surface area (Å²) in [6.07, 6.45) is 0. The zero-order valence-electron chi connectivity index (χ0n) is 15.0. The minimum absolute atomic E-state index is 0.00843. The molecule has 0 aliphatic carbocycles. The SMILES string of the molecule is CNC(=O)NCC(=O)N1CCN(C(=O)c2ccc(C(C)C)cc2)CC1. The van der Waals surface area contributed by atoms with Crippen molar-refractivity contribution >= 4 is 17.8 Å². The number of piperazine rings is 1. The zero-order valence-corrected chi connectivity index (χ0v) is 15.0. The van der Waals surface area contributed by atoms with Gasteiger partial charge in [-0.2, -0.15) is 0 Å². The Kier molecular flexibility index (Phi) is 6.38. The van der Waals surface area contributed by atoms with Crippen LogP contribution in [0.25, 0.3) is 0 Å². The normalized spacial score (nSPS) is 14.4. The zero-order chi connectivity index (χ0) is 18.4. The number of rotatable bonds is 4. The fourth-order valence-corrected chi connectivity index (χ4v) is 2.71. The van der Waals surface area contributed by atoms with E-state index in [2.05, 4.69) is 24.5 Å². The third kappa shape index (κ3) is 4.95. The topological polar surface area (TPSA) is 81.8 Å². The molecule has 7 heteroatoms. The lowest BCUT2D eigenvalue weighted by molar-refractivity contribution is -0.131. The van der Waals surface area contributed by atoms with Crippen LogP contribution in [-0.4, -0.2) is 67.4 Å².